The molecule has 0 saturated heterocycles. The van der Waals surface area contributed by atoms with E-state index in [2.05, 4.69) is 0 Å². The van der Waals surface area contributed by atoms with Gasteiger partial charge in [-0.3, -0.25) is 14.9 Å². The number of nitro groups is 1. The van der Waals surface area contributed by atoms with E-state index in [-0.39, 0.29) is 23.5 Å². The van der Waals surface area contributed by atoms with Crippen molar-refractivity contribution in [2.45, 2.75) is 13.5 Å². The van der Waals surface area contributed by atoms with Gasteiger partial charge in [0.2, 0.25) is 11.2 Å². The Hall–Kier alpha value is -3.93. The van der Waals surface area contributed by atoms with Crippen LogP contribution < -0.4 is 10.2 Å². The van der Waals surface area contributed by atoms with Gasteiger partial charge in [-0.25, -0.2) is 0 Å². The van der Waals surface area contributed by atoms with Crippen LogP contribution in [0.5, 0.6) is 5.75 Å². The van der Waals surface area contributed by atoms with Gasteiger partial charge in [0.05, 0.1) is 10.3 Å². The van der Waals surface area contributed by atoms with E-state index in [1.165, 1.54) is 12.1 Å². The second-order valence-corrected chi connectivity index (χ2v) is 6.67. The highest BCUT2D eigenvalue weighted by Gasteiger charge is 2.18. The van der Waals surface area contributed by atoms with Crippen LogP contribution in [-0.2, 0) is 6.61 Å². The lowest BCUT2D eigenvalue weighted by molar-refractivity contribution is -0.384. The van der Waals surface area contributed by atoms with Crippen molar-refractivity contribution in [2.75, 3.05) is 0 Å². The molecule has 4 aromatic rings. The van der Waals surface area contributed by atoms with Crippen molar-refractivity contribution in [3.05, 3.63) is 104 Å². The van der Waals surface area contributed by atoms with Crippen molar-refractivity contribution in [2.24, 2.45) is 0 Å². The van der Waals surface area contributed by atoms with Gasteiger partial charge < -0.3 is 9.15 Å². The number of hydrogen-bond donors (Lipinski definition) is 0. The van der Waals surface area contributed by atoms with Crippen LogP contribution in [0.25, 0.3) is 22.3 Å². The summed E-state index contributed by atoms with van der Waals surface area (Å²) < 4.78 is 11.9. The molecular weight excluding hydrogens is 370 g/mol. The van der Waals surface area contributed by atoms with Gasteiger partial charge in [0.25, 0.3) is 5.69 Å². The van der Waals surface area contributed by atoms with Crippen molar-refractivity contribution in [3.8, 4) is 17.1 Å². The molecule has 0 atom stereocenters. The number of benzene rings is 3. The Labute approximate surface area is 166 Å². The standard InChI is InChI=1S/C23H17NO5/c1-15-7-12-19-20(13-15)29-22(17-5-3-2-4-6-17)23(21(19)25)28-14-16-8-10-18(11-9-16)24(26)27/h2-13H,14H2,1H3. The van der Waals surface area contributed by atoms with Crippen molar-refractivity contribution in [1.29, 1.82) is 0 Å². The zero-order chi connectivity index (χ0) is 20.4. The van der Waals surface area contributed by atoms with Crippen LogP contribution in [-0.4, -0.2) is 4.92 Å². The Balaban J connectivity index is 1.77. The third kappa shape index (κ3) is 3.73. The molecule has 1 aromatic heterocycles. The van der Waals surface area contributed by atoms with Crippen LogP contribution in [0.3, 0.4) is 0 Å². The van der Waals surface area contributed by atoms with Crippen LogP contribution >= 0.6 is 0 Å². The fourth-order valence-electron chi connectivity index (χ4n) is 3.06. The van der Waals surface area contributed by atoms with E-state index in [9.17, 15) is 14.9 Å². The average Bonchev–Trinajstić information content (AvgIpc) is 2.73. The lowest BCUT2D eigenvalue weighted by atomic mass is 10.1. The summed E-state index contributed by atoms with van der Waals surface area (Å²) >= 11 is 0. The minimum atomic E-state index is -0.460. The third-order valence-electron chi connectivity index (χ3n) is 4.57. The second-order valence-electron chi connectivity index (χ2n) is 6.67. The lowest BCUT2D eigenvalue weighted by Gasteiger charge is -2.12. The first-order valence-corrected chi connectivity index (χ1v) is 9.02. The minimum Gasteiger partial charge on any atom is -0.481 e. The molecule has 6 nitrogen and oxygen atoms in total. The van der Waals surface area contributed by atoms with E-state index < -0.39 is 4.92 Å². The topological polar surface area (TPSA) is 82.6 Å². The molecular formula is C23H17NO5. The quantitative estimate of drug-likeness (QED) is 0.345. The molecule has 144 valence electrons. The van der Waals surface area contributed by atoms with E-state index in [0.717, 1.165) is 11.1 Å². The Morgan fingerprint density at radius 3 is 2.41 bits per heavy atom. The normalized spacial score (nSPS) is 10.8. The number of rotatable bonds is 5. The summed E-state index contributed by atoms with van der Waals surface area (Å²) in [7, 11) is 0. The van der Waals surface area contributed by atoms with Gasteiger partial charge in [-0.05, 0) is 42.3 Å². The highest BCUT2D eigenvalue weighted by atomic mass is 16.6. The summed E-state index contributed by atoms with van der Waals surface area (Å²) in [5, 5.41) is 11.2. The van der Waals surface area contributed by atoms with E-state index >= 15 is 0 Å². The molecule has 0 aliphatic rings. The fraction of sp³-hybridized carbons (Fsp3) is 0.0870. The van der Waals surface area contributed by atoms with Crippen molar-refractivity contribution >= 4 is 16.7 Å². The van der Waals surface area contributed by atoms with Crippen LogP contribution in [0.1, 0.15) is 11.1 Å². The summed E-state index contributed by atoms with van der Waals surface area (Å²) in [5.74, 6) is 0.474. The molecule has 29 heavy (non-hydrogen) atoms. The van der Waals surface area contributed by atoms with Gasteiger partial charge in [-0.1, -0.05) is 36.4 Å². The van der Waals surface area contributed by atoms with Gasteiger partial charge in [-0.15, -0.1) is 0 Å². The molecule has 0 aliphatic carbocycles. The maximum atomic E-state index is 13.1. The highest BCUT2D eigenvalue weighted by molar-refractivity contribution is 5.82. The first kappa shape index (κ1) is 18.4. The number of nitro benzene ring substituents is 1. The summed E-state index contributed by atoms with van der Waals surface area (Å²) in [6.07, 6.45) is 0. The van der Waals surface area contributed by atoms with E-state index in [0.29, 0.717) is 22.3 Å². The number of ether oxygens (including phenoxy) is 1. The summed E-state index contributed by atoms with van der Waals surface area (Å²) in [6.45, 7) is 2.01. The lowest BCUT2D eigenvalue weighted by Crippen LogP contribution is -2.10. The maximum Gasteiger partial charge on any atom is 0.269 e. The number of fused-ring (bicyclic) bond motifs is 1. The number of non-ortho nitro benzene ring substituents is 1. The molecule has 0 radical (unpaired) electrons. The van der Waals surface area contributed by atoms with Gasteiger partial charge >= 0.3 is 0 Å². The number of hydrogen-bond acceptors (Lipinski definition) is 5. The smallest absolute Gasteiger partial charge is 0.269 e. The third-order valence-corrected chi connectivity index (χ3v) is 4.57. The van der Waals surface area contributed by atoms with Crippen molar-refractivity contribution in [1.82, 2.24) is 0 Å². The summed E-state index contributed by atoms with van der Waals surface area (Å²) in [4.78, 5) is 23.5. The molecule has 0 bridgehead atoms. The molecule has 3 aromatic carbocycles. The average molecular weight is 387 g/mol. The van der Waals surface area contributed by atoms with Gasteiger partial charge in [0.1, 0.15) is 12.2 Å². The molecule has 0 aliphatic heterocycles. The predicted molar refractivity (Wildman–Crippen MR) is 110 cm³/mol. The SMILES string of the molecule is Cc1ccc2c(=O)c(OCc3ccc([N+](=O)[O-])cc3)c(-c3ccccc3)oc2c1. The number of nitrogens with zero attached hydrogens (tertiary/aromatic N) is 1. The molecule has 0 amide bonds. The molecule has 0 unspecified atom stereocenters. The van der Waals surface area contributed by atoms with Crippen LogP contribution in [0.15, 0.2) is 82.0 Å². The second kappa shape index (κ2) is 7.59. The van der Waals surface area contributed by atoms with Crippen LogP contribution in [0.2, 0.25) is 0 Å². The highest BCUT2D eigenvalue weighted by Crippen LogP contribution is 2.31. The van der Waals surface area contributed by atoms with E-state index in [1.807, 2.05) is 49.4 Å². The number of aryl methyl sites for hydroxylation is 1. The zero-order valence-electron chi connectivity index (χ0n) is 15.6. The van der Waals surface area contributed by atoms with Gasteiger partial charge in [-0.2, -0.15) is 0 Å². The Bertz CT molecular complexity index is 1240. The largest absolute Gasteiger partial charge is 0.481 e. The van der Waals surface area contributed by atoms with Gasteiger partial charge in [0, 0.05) is 17.7 Å². The monoisotopic (exact) mass is 387 g/mol. The Morgan fingerprint density at radius 1 is 1.00 bits per heavy atom. The Kier molecular flexibility index (Phi) is 4.83. The molecule has 0 N–H and O–H groups in total. The minimum absolute atomic E-state index is 0.000636. The molecule has 6 heteroatoms. The molecule has 0 fully saturated rings. The van der Waals surface area contributed by atoms with Crippen molar-refractivity contribution in [3.63, 3.8) is 0 Å². The first-order valence-electron chi connectivity index (χ1n) is 9.02. The zero-order valence-corrected chi connectivity index (χ0v) is 15.6. The molecule has 4 rings (SSSR count). The summed E-state index contributed by atoms with van der Waals surface area (Å²) in [6, 6.07) is 20.7. The summed E-state index contributed by atoms with van der Waals surface area (Å²) in [5.41, 5.74) is 2.66. The molecule has 0 saturated carbocycles. The van der Waals surface area contributed by atoms with E-state index in [4.69, 9.17) is 9.15 Å². The van der Waals surface area contributed by atoms with Crippen molar-refractivity contribution < 1.29 is 14.1 Å². The molecule has 1 heterocycles. The van der Waals surface area contributed by atoms with E-state index in [1.54, 1.807) is 18.2 Å². The molecule has 0 spiro atoms. The maximum absolute atomic E-state index is 13.1. The van der Waals surface area contributed by atoms with Crippen LogP contribution in [0.4, 0.5) is 5.69 Å². The van der Waals surface area contributed by atoms with Crippen LogP contribution in [0, 0.1) is 17.0 Å². The first-order chi connectivity index (χ1) is 14.0. The predicted octanol–water partition coefficient (Wildman–Crippen LogP) is 5.26. The fourth-order valence-corrected chi connectivity index (χ4v) is 3.06. The Morgan fingerprint density at radius 2 is 1.72 bits per heavy atom. The van der Waals surface area contributed by atoms with Gasteiger partial charge in [0.15, 0.2) is 5.76 Å².